The Labute approximate surface area is 118 Å². The Morgan fingerprint density at radius 1 is 1.42 bits per heavy atom. The number of nitrogen functional groups attached to an aromatic ring is 1. The van der Waals surface area contributed by atoms with E-state index in [9.17, 15) is 0 Å². The zero-order valence-electron chi connectivity index (χ0n) is 11.8. The molecule has 0 saturated heterocycles. The molecule has 4 N–H and O–H groups in total. The summed E-state index contributed by atoms with van der Waals surface area (Å²) in [5.74, 6) is 9.65. The van der Waals surface area contributed by atoms with Crippen LogP contribution in [0.1, 0.15) is 26.1 Å². The molecule has 1 heterocycles. The molecule has 0 aliphatic rings. The van der Waals surface area contributed by atoms with Crippen molar-refractivity contribution >= 4 is 23.4 Å². The minimum absolute atomic E-state index is 0.356. The first-order valence-corrected chi connectivity index (χ1v) is 7.52. The number of thioether (sulfide) groups is 1. The van der Waals surface area contributed by atoms with E-state index < -0.39 is 0 Å². The average Bonchev–Trinajstić information content (AvgIpc) is 2.39. The lowest BCUT2D eigenvalue weighted by atomic mass is 10.2. The molecule has 108 valence electrons. The van der Waals surface area contributed by atoms with Gasteiger partial charge < -0.3 is 15.5 Å². The third-order valence-electron chi connectivity index (χ3n) is 2.49. The molecule has 1 aromatic rings. The van der Waals surface area contributed by atoms with Gasteiger partial charge in [-0.05, 0) is 24.9 Å². The van der Waals surface area contributed by atoms with Crippen molar-refractivity contribution in [1.82, 2.24) is 9.97 Å². The van der Waals surface area contributed by atoms with Gasteiger partial charge in [0, 0.05) is 19.2 Å². The molecule has 0 bridgehead atoms. The van der Waals surface area contributed by atoms with E-state index in [1.54, 1.807) is 13.2 Å². The van der Waals surface area contributed by atoms with E-state index in [0.717, 1.165) is 23.7 Å². The van der Waals surface area contributed by atoms with Crippen molar-refractivity contribution in [1.29, 1.82) is 0 Å². The molecular weight excluding hydrogens is 262 g/mol. The van der Waals surface area contributed by atoms with Gasteiger partial charge in [-0.15, -0.1) is 0 Å². The van der Waals surface area contributed by atoms with Gasteiger partial charge in [0.25, 0.3) is 0 Å². The Balaban J connectivity index is 2.62. The number of nitrogens with one attached hydrogen (secondary N) is 2. The second kappa shape index (κ2) is 8.95. The smallest absolute Gasteiger partial charge is 0.158 e. The van der Waals surface area contributed by atoms with Crippen molar-refractivity contribution < 1.29 is 4.74 Å². The zero-order valence-corrected chi connectivity index (χ0v) is 12.6. The summed E-state index contributed by atoms with van der Waals surface area (Å²) in [7, 11) is 1.61. The van der Waals surface area contributed by atoms with Gasteiger partial charge in [-0.3, -0.25) is 0 Å². The number of anilines is 2. The topological polar surface area (TPSA) is 85.1 Å². The van der Waals surface area contributed by atoms with E-state index in [1.807, 2.05) is 11.8 Å². The molecule has 19 heavy (non-hydrogen) atoms. The summed E-state index contributed by atoms with van der Waals surface area (Å²) in [6.45, 7) is 4.68. The second-order valence-corrected chi connectivity index (χ2v) is 5.56. The third kappa shape index (κ3) is 6.09. The fourth-order valence-corrected chi connectivity index (χ4v) is 2.38. The van der Waals surface area contributed by atoms with Crippen LogP contribution in [-0.4, -0.2) is 34.6 Å². The Morgan fingerprint density at radius 3 is 2.79 bits per heavy atom. The Hall–Kier alpha value is -1.05. The van der Waals surface area contributed by atoms with Gasteiger partial charge in [-0.1, -0.05) is 6.92 Å². The Morgan fingerprint density at radius 2 is 2.16 bits per heavy atom. The van der Waals surface area contributed by atoms with E-state index in [-0.39, 0.29) is 0 Å². The Kier molecular flexibility index (Phi) is 7.54. The van der Waals surface area contributed by atoms with E-state index in [2.05, 4.69) is 34.6 Å². The molecule has 1 atom stereocenters. The number of nitrogens with zero attached hydrogens (tertiary/aromatic N) is 2. The summed E-state index contributed by atoms with van der Waals surface area (Å²) >= 11 is 1.94. The number of aromatic nitrogens is 2. The molecule has 0 saturated carbocycles. The standard InChI is InChI=1S/C12H23N5OS/c1-4-19-6-5-9(2)14-10-7-11(17-13)16-12(15-10)8-18-3/h7,9H,4-6,8,13H2,1-3H3,(H2,14,15,16,17). The first-order valence-electron chi connectivity index (χ1n) is 6.37. The molecule has 0 aromatic carbocycles. The normalized spacial score (nSPS) is 12.2. The molecule has 0 fully saturated rings. The van der Waals surface area contributed by atoms with Crippen LogP contribution in [0.15, 0.2) is 6.07 Å². The average molecular weight is 285 g/mol. The van der Waals surface area contributed by atoms with Gasteiger partial charge in [-0.25, -0.2) is 15.8 Å². The van der Waals surface area contributed by atoms with Crippen LogP contribution in [0.2, 0.25) is 0 Å². The maximum atomic E-state index is 5.40. The van der Waals surface area contributed by atoms with Crippen molar-refractivity contribution in [2.24, 2.45) is 5.84 Å². The summed E-state index contributed by atoms with van der Waals surface area (Å²) in [4.78, 5) is 8.60. The molecule has 0 spiro atoms. The number of ether oxygens (including phenoxy) is 1. The monoisotopic (exact) mass is 285 g/mol. The lowest BCUT2D eigenvalue weighted by molar-refractivity contribution is 0.178. The highest BCUT2D eigenvalue weighted by atomic mass is 32.2. The number of nitrogens with two attached hydrogens (primary N) is 1. The lowest BCUT2D eigenvalue weighted by Crippen LogP contribution is -2.19. The molecule has 0 amide bonds. The van der Waals surface area contributed by atoms with E-state index in [0.29, 0.717) is 24.3 Å². The van der Waals surface area contributed by atoms with Crippen LogP contribution in [0, 0.1) is 0 Å². The highest BCUT2D eigenvalue weighted by molar-refractivity contribution is 7.99. The predicted molar refractivity (Wildman–Crippen MR) is 81.3 cm³/mol. The van der Waals surface area contributed by atoms with Crippen molar-refractivity contribution in [3.63, 3.8) is 0 Å². The zero-order chi connectivity index (χ0) is 14.1. The number of hydrogen-bond acceptors (Lipinski definition) is 7. The third-order valence-corrected chi connectivity index (χ3v) is 3.42. The summed E-state index contributed by atoms with van der Waals surface area (Å²) in [6, 6.07) is 2.15. The van der Waals surface area contributed by atoms with Crippen LogP contribution >= 0.6 is 11.8 Å². The van der Waals surface area contributed by atoms with Crippen molar-refractivity contribution in [2.45, 2.75) is 32.9 Å². The number of methoxy groups -OCH3 is 1. The van der Waals surface area contributed by atoms with E-state index in [4.69, 9.17) is 10.6 Å². The van der Waals surface area contributed by atoms with Crippen LogP contribution in [-0.2, 0) is 11.3 Å². The maximum absolute atomic E-state index is 5.40. The van der Waals surface area contributed by atoms with Gasteiger partial charge in [0.15, 0.2) is 5.82 Å². The first-order chi connectivity index (χ1) is 9.19. The SMILES string of the molecule is CCSCCC(C)Nc1cc(NN)nc(COC)n1. The number of hydrazine groups is 1. The van der Waals surface area contributed by atoms with E-state index in [1.165, 1.54) is 0 Å². The minimum Gasteiger partial charge on any atom is -0.377 e. The second-order valence-electron chi connectivity index (χ2n) is 4.16. The Bertz CT molecular complexity index is 377. The fraction of sp³-hybridized carbons (Fsp3) is 0.667. The molecule has 0 radical (unpaired) electrons. The minimum atomic E-state index is 0.356. The molecule has 0 aliphatic carbocycles. The number of hydrogen-bond donors (Lipinski definition) is 3. The number of rotatable bonds is 9. The lowest BCUT2D eigenvalue weighted by Gasteiger charge is -2.15. The molecule has 1 rings (SSSR count). The highest BCUT2D eigenvalue weighted by Gasteiger charge is 2.07. The predicted octanol–water partition coefficient (Wildman–Crippen LogP) is 1.85. The van der Waals surface area contributed by atoms with Crippen LogP contribution in [0.25, 0.3) is 0 Å². The van der Waals surface area contributed by atoms with Gasteiger partial charge >= 0.3 is 0 Å². The fourth-order valence-electron chi connectivity index (χ4n) is 1.57. The van der Waals surface area contributed by atoms with Gasteiger partial charge in [-0.2, -0.15) is 11.8 Å². The molecule has 7 heteroatoms. The summed E-state index contributed by atoms with van der Waals surface area (Å²) in [5, 5.41) is 3.36. The molecule has 1 aromatic heterocycles. The summed E-state index contributed by atoms with van der Waals surface area (Å²) in [5.41, 5.74) is 2.54. The molecule has 1 unspecified atom stereocenters. The van der Waals surface area contributed by atoms with Crippen LogP contribution < -0.4 is 16.6 Å². The highest BCUT2D eigenvalue weighted by Crippen LogP contribution is 2.14. The van der Waals surface area contributed by atoms with Crippen molar-refractivity contribution in [3.05, 3.63) is 11.9 Å². The van der Waals surface area contributed by atoms with Crippen LogP contribution in [0.3, 0.4) is 0 Å². The van der Waals surface area contributed by atoms with Crippen LogP contribution in [0.5, 0.6) is 0 Å². The van der Waals surface area contributed by atoms with Crippen molar-refractivity contribution in [2.75, 3.05) is 29.4 Å². The first kappa shape index (κ1) is 16.0. The van der Waals surface area contributed by atoms with Crippen LogP contribution in [0.4, 0.5) is 11.6 Å². The quantitative estimate of drug-likeness (QED) is 0.363. The van der Waals surface area contributed by atoms with Gasteiger partial charge in [0.1, 0.15) is 18.2 Å². The summed E-state index contributed by atoms with van der Waals surface area (Å²) in [6.07, 6.45) is 1.09. The maximum Gasteiger partial charge on any atom is 0.158 e. The van der Waals surface area contributed by atoms with Gasteiger partial charge in [0.2, 0.25) is 0 Å². The van der Waals surface area contributed by atoms with Gasteiger partial charge in [0.05, 0.1) is 0 Å². The summed E-state index contributed by atoms with van der Waals surface area (Å²) < 4.78 is 5.04. The molecular formula is C12H23N5OS. The molecule has 0 aliphatic heterocycles. The van der Waals surface area contributed by atoms with Crippen molar-refractivity contribution in [3.8, 4) is 0 Å². The largest absolute Gasteiger partial charge is 0.377 e. The molecule has 6 nitrogen and oxygen atoms in total. The van der Waals surface area contributed by atoms with E-state index >= 15 is 0 Å².